The maximum Gasteiger partial charge on any atom is 0.378 e. The van der Waals surface area contributed by atoms with Crippen LogP contribution in [0.1, 0.15) is 35.7 Å². The molecule has 1 saturated heterocycles. The van der Waals surface area contributed by atoms with Crippen molar-refractivity contribution >= 4 is 5.97 Å². The van der Waals surface area contributed by atoms with Crippen LogP contribution in [0, 0.1) is 0 Å². The SMILES string of the molecule is CCOC(=O)c1n[nH]c(C2CCNC2)n1. The van der Waals surface area contributed by atoms with Crippen molar-refractivity contribution in [3.63, 3.8) is 0 Å². The molecule has 1 aromatic rings. The van der Waals surface area contributed by atoms with Gasteiger partial charge in [-0.05, 0) is 19.9 Å². The second-order valence-electron chi connectivity index (χ2n) is 3.45. The number of ether oxygens (including phenoxy) is 1. The molecule has 1 aromatic heterocycles. The lowest BCUT2D eigenvalue weighted by molar-refractivity contribution is 0.0512. The molecule has 2 heterocycles. The van der Waals surface area contributed by atoms with Gasteiger partial charge in [0, 0.05) is 12.5 Å². The summed E-state index contributed by atoms with van der Waals surface area (Å²) in [4.78, 5) is 15.4. The third-order valence-corrected chi connectivity index (χ3v) is 2.41. The van der Waals surface area contributed by atoms with E-state index < -0.39 is 5.97 Å². The number of nitrogens with zero attached hydrogens (tertiary/aromatic N) is 2. The molecular weight excluding hydrogens is 196 g/mol. The first kappa shape index (κ1) is 10.1. The summed E-state index contributed by atoms with van der Waals surface area (Å²) >= 11 is 0. The fraction of sp³-hybridized carbons (Fsp3) is 0.667. The number of carbonyl (C=O) groups is 1. The van der Waals surface area contributed by atoms with Crippen molar-refractivity contribution in [2.24, 2.45) is 0 Å². The van der Waals surface area contributed by atoms with Gasteiger partial charge in [-0.1, -0.05) is 0 Å². The van der Waals surface area contributed by atoms with Crippen LogP contribution < -0.4 is 5.32 Å². The highest BCUT2D eigenvalue weighted by Crippen LogP contribution is 2.18. The lowest BCUT2D eigenvalue weighted by Crippen LogP contribution is -2.09. The van der Waals surface area contributed by atoms with Crippen molar-refractivity contribution in [2.45, 2.75) is 19.3 Å². The van der Waals surface area contributed by atoms with E-state index in [1.165, 1.54) is 0 Å². The van der Waals surface area contributed by atoms with Crippen LogP contribution in [0.2, 0.25) is 0 Å². The first-order valence-corrected chi connectivity index (χ1v) is 5.11. The Balaban J connectivity index is 2.06. The number of H-pyrrole nitrogens is 1. The number of nitrogens with one attached hydrogen (secondary N) is 2. The third-order valence-electron chi connectivity index (χ3n) is 2.41. The summed E-state index contributed by atoms with van der Waals surface area (Å²) in [5.41, 5.74) is 0. The molecule has 1 unspecified atom stereocenters. The zero-order valence-electron chi connectivity index (χ0n) is 8.62. The van der Waals surface area contributed by atoms with Crippen LogP contribution in [-0.4, -0.2) is 40.8 Å². The maximum absolute atomic E-state index is 11.3. The standard InChI is InChI=1S/C9H14N4O2/c1-2-15-9(14)8-11-7(12-13-8)6-3-4-10-5-6/h6,10H,2-5H2,1H3,(H,11,12,13). The van der Waals surface area contributed by atoms with Crippen LogP contribution in [0.25, 0.3) is 0 Å². The molecule has 0 aliphatic carbocycles. The van der Waals surface area contributed by atoms with E-state index in [9.17, 15) is 4.79 Å². The van der Waals surface area contributed by atoms with Gasteiger partial charge in [-0.3, -0.25) is 5.10 Å². The van der Waals surface area contributed by atoms with Crippen LogP contribution >= 0.6 is 0 Å². The summed E-state index contributed by atoms with van der Waals surface area (Å²) in [6.45, 7) is 3.97. The smallest absolute Gasteiger partial charge is 0.378 e. The molecule has 0 radical (unpaired) electrons. The molecule has 6 heteroatoms. The molecule has 1 aliphatic heterocycles. The van der Waals surface area contributed by atoms with Gasteiger partial charge < -0.3 is 10.1 Å². The van der Waals surface area contributed by atoms with Crippen LogP contribution in [0.15, 0.2) is 0 Å². The fourth-order valence-corrected chi connectivity index (χ4v) is 1.63. The van der Waals surface area contributed by atoms with Crippen molar-refractivity contribution in [3.05, 3.63) is 11.6 Å². The van der Waals surface area contributed by atoms with Gasteiger partial charge in [0.05, 0.1) is 6.61 Å². The highest BCUT2D eigenvalue weighted by Gasteiger charge is 2.22. The molecule has 1 aliphatic rings. The predicted molar refractivity (Wildman–Crippen MR) is 52.6 cm³/mol. The second kappa shape index (κ2) is 4.39. The summed E-state index contributed by atoms with van der Waals surface area (Å²) in [7, 11) is 0. The average Bonchev–Trinajstić information content (AvgIpc) is 2.89. The molecule has 2 N–H and O–H groups in total. The molecule has 0 bridgehead atoms. The zero-order valence-corrected chi connectivity index (χ0v) is 8.62. The monoisotopic (exact) mass is 210 g/mol. The molecule has 0 aromatic carbocycles. The highest BCUT2D eigenvalue weighted by atomic mass is 16.5. The Hall–Kier alpha value is -1.43. The van der Waals surface area contributed by atoms with Gasteiger partial charge in [0.1, 0.15) is 5.82 Å². The quantitative estimate of drug-likeness (QED) is 0.689. The van der Waals surface area contributed by atoms with Crippen LogP contribution in [-0.2, 0) is 4.74 Å². The van der Waals surface area contributed by atoms with E-state index in [-0.39, 0.29) is 5.82 Å². The molecule has 6 nitrogen and oxygen atoms in total. The Morgan fingerprint density at radius 3 is 3.20 bits per heavy atom. The van der Waals surface area contributed by atoms with Gasteiger partial charge in [0.15, 0.2) is 0 Å². The average molecular weight is 210 g/mol. The third kappa shape index (κ3) is 2.15. The van der Waals surface area contributed by atoms with Gasteiger partial charge in [0.25, 0.3) is 5.82 Å². The fourth-order valence-electron chi connectivity index (χ4n) is 1.63. The largest absolute Gasteiger partial charge is 0.460 e. The molecule has 15 heavy (non-hydrogen) atoms. The van der Waals surface area contributed by atoms with Gasteiger partial charge in [0.2, 0.25) is 0 Å². The van der Waals surface area contributed by atoms with Gasteiger partial charge in [-0.2, -0.15) is 0 Å². The number of aromatic amines is 1. The first-order valence-electron chi connectivity index (χ1n) is 5.11. The molecule has 1 atom stereocenters. The number of esters is 1. The lowest BCUT2D eigenvalue weighted by atomic mass is 10.1. The van der Waals surface area contributed by atoms with E-state index >= 15 is 0 Å². The summed E-state index contributed by atoms with van der Waals surface area (Å²) in [5.74, 6) is 0.758. The van der Waals surface area contributed by atoms with Gasteiger partial charge in [-0.25, -0.2) is 9.78 Å². The van der Waals surface area contributed by atoms with E-state index in [1.54, 1.807) is 6.92 Å². The molecule has 0 amide bonds. The van der Waals surface area contributed by atoms with Gasteiger partial charge in [-0.15, -0.1) is 5.10 Å². The summed E-state index contributed by atoms with van der Waals surface area (Å²) < 4.78 is 4.80. The number of carbonyl (C=O) groups excluding carboxylic acids is 1. The molecule has 0 saturated carbocycles. The van der Waals surface area contributed by atoms with Gasteiger partial charge >= 0.3 is 5.97 Å². The van der Waals surface area contributed by atoms with E-state index in [2.05, 4.69) is 20.5 Å². The Kier molecular flexibility index (Phi) is 2.96. The zero-order chi connectivity index (χ0) is 10.7. The van der Waals surface area contributed by atoms with E-state index in [0.29, 0.717) is 12.5 Å². The summed E-state index contributed by atoms with van der Waals surface area (Å²) in [5, 5.41) is 9.86. The van der Waals surface area contributed by atoms with Crippen molar-refractivity contribution in [1.82, 2.24) is 20.5 Å². The minimum absolute atomic E-state index is 0.124. The first-order chi connectivity index (χ1) is 7.31. The summed E-state index contributed by atoms with van der Waals surface area (Å²) in [6.07, 6.45) is 1.03. The molecule has 2 rings (SSSR count). The Morgan fingerprint density at radius 2 is 2.53 bits per heavy atom. The number of hydrogen-bond donors (Lipinski definition) is 2. The van der Waals surface area contributed by atoms with E-state index in [0.717, 1.165) is 25.3 Å². The van der Waals surface area contributed by atoms with Crippen LogP contribution in [0.5, 0.6) is 0 Å². The minimum atomic E-state index is -0.467. The molecule has 1 fully saturated rings. The number of aromatic nitrogens is 3. The van der Waals surface area contributed by atoms with Crippen LogP contribution in [0.4, 0.5) is 0 Å². The topological polar surface area (TPSA) is 79.9 Å². The number of hydrogen-bond acceptors (Lipinski definition) is 5. The van der Waals surface area contributed by atoms with Crippen molar-refractivity contribution in [2.75, 3.05) is 19.7 Å². The van der Waals surface area contributed by atoms with E-state index in [4.69, 9.17) is 4.74 Å². The van der Waals surface area contributed by atoms with Crippen molar-refractivity contribution < 1.29 is 9.53 Å². The van der Waals surface area contributed by atoms with E-state index in [1.807, 2.05) is 0 Å². The predicted octanol–water partition coefficient (Wildman–Crippen LogP) is 0.0583. The van der Waals surface area contributed by atoms with Crippen molar-refractivity contribution in [1.29, 1.82) is 0 Å². The number of rotatable bonds is 3. The Labute approximate surface area is 87.4 Å². The minimum Gasteiger partial charge on any atom is -0.460 e. The normalized spacial score (nSPS) is 20.5. The molecule has 0 spiro atoms. The lowest BCUT2D eigenvalue weighted by Gasteiger charge is -2.00. The highest BCUT2D eigenvalue weighted by molar-refractivity contribution is 5.84. The van der Waals surface area contributed by atoms with Crippen molar-refractivity contribution in [3.8, 4) is 0 Å². The second-order valence-corrected chi connectivity index (χ2v) is 3.45. The molecular formula is C9H14N4O2. The summed E-state index contributed by atoms with van der Waals surface area (Å²) in [6, 6.07) is 0. The molecule has 82 valence electrons. The Morgan fingerprint density at radius 1 is 1.67 bits per heavy atom. The van der Waals surface area contributed by atoms with Crippen LogP contribution in [0.3, 0.4) is 0 Å². The Bertz CT molecular complexity index is 344. The maximum atomic E-state index is 11.3.